The van der Waals surface area contributed by atoms with E-state index >= 15 is 13.2 Å². The first-order valence-electron chi connectivity index (χ1n) is 22.2. The van der Waals surface area contributed by atoms with Gasteiger partial charge in [0.15, 0.2) is 0 Å². The van der Waals surface area contributed by atoms with E-state index in [4.69, 9.17) is 9.47 Å². The Morgan fingerprint density at radius 1 is 0.457 bits per heavy atom. The molecule has 0 saturated carbocycles. The lowest BCUT2D eigenvalue weighted by atomic mass is 9.95. The molecule has 8 aromatic rings. The van der Waals surface area contributed by atoms with Crippen LogP contribution in [0.1, 0.15) is 36.1 Å². The Hall–Kier alpha value is -8.12. The van der Waals surface area contributed by atoms with E-state index in [9.17, 15) is 22.8 Å². The number of hydrogen-bond donors (Lipinski definition) is 0. The molecule has 0 heterocycles. The molecule has 0 aliphatic heterocycles. The maximum Gasteiger partial charge on any atom is 0.393 e. The fraction of sp³-hybridized carbons (Fsp3) is 0.138. The van der Waals surface area contributed by atoms with Gasteiger partial charge in [-0.25, -0.2) is 9.59 Å². The summed E-state index contributed by atoms with van der Waals surface area (Å²) in [6.07, 6.45) is -12.1. The molecule has 0 aromatic heterocycles. The van der Waals surface area contributed by atoms with E-state index in [2.05, 4.69) is 13.2 Å². The minimum Gasteiger partial charge on any atom is -0.423 e. The van der Waals surface area contributed by atoms with Gasteiger partial charge in [0.2, 0.25) is 0 Å². The van der Waals surface area contributed by atoms with Crippen LogP contribution in [0.5, 0.6) is 11.5 Å². The first-order valence-corrected chi connectivity index (χ1v) is 22.2. The Morgan fingerprint density at radius 3 is 1.19 bits per heavy atom. The smallest absolute Gasteiger partial charge is 0.393 e. The Bertz CT molecular complexity index is 3170. The highest BCUT2D eigenvalue weighted by molar-refractivity contribution is 6.08. The highest BCUT2D eigenvalue weighted by Gasteiger charge is 2.33. The number of rotatable bonds is 13. The van der Waals surface area contributed by atoms with Gasteiger partial charge in [0.25, 0.3) is 0 Å². The summed E-state index contributed by atoms with van der Waals surface area (Å²) in [4.78, 5) is 29.0. The summed E-state index contributed by atoms with van der Waals surface area (Å²) in [5, 5.41) is 1.93. The van der Waals surface area contributed by atoms with Crippen LogP contribution in [0.25, 0.3) is 32.7 Å². The zero-order valence-electron chi connectivity index (χ0n) is 38.6. The van der Waals surface area contributed by atoms with Crippen molar-refractivity contribution in [1.29, 1.82) is 0 Å². The third-order valence-corrected chi connectivity index (χ3v) is 11.6. The standard InChI is InChI=1S/C58H46F6N2O4/c1-35(2)55(67)69-53-17-9-11-45-47(53)13-7-15-51(45)66(52-16-8-14-48-46(52)12-10-18-54(48)70-56(68)36(3)4)50-30-24-40(32-42(50)34-58(62,63)64)39-23-29-49(41(31-39)33-57(59,60)61)65(43-25-19-37(5)20-26-43)44-27-21-38(6)22-28-44/h7-32H,1,3,33-34H2,2,4-6H3. The molecule has 0 N–H and O–H groups in total. The minimum atomic E-state index is -4.75. The summed E-state index contributed by atoms with van der Waals surface area (Å²) in [5.41, 5.74) is 4.80. The van der Waals surface area contributed by atoms with Gasteiger partial charge >= 0.3 is 24.3 Å². The molecule has 0 unspecified atom stereocenters. The van der Waals surface area contributed by atoms with Crippen molar-refractivity contribution < 1.29 is 45.4 Å². The van der Waals surface area contributed by atoms with Crippen molar-refractivity contribution in [3.8, 4) is 22.6 Å². The number of hydrogen-bond acceptors (Lipinski definition) is 6. The topological polar surface area (TPSA) is 59.1 Å². The van der Waals surface area contributed by atoms with Crippen LogP contribution in [0.4, 0.5) is 60.5 Å². The van der Waals surface area contributed by atoms with Crippen LogP contribution in [0.2, 0.25) is 0 Å². The van der Waals surface area contributed by atoms with Crippen LogP contribution in [0.15, 0.2) is 182 Å². The van der Waals surface area contributed by atoms with Crippen LogP contribution in [-0.4, -0.2) is 24.3 Å². The molecule has 0 aliphatic rings. The van der Waals surface area contributed by atoms with Crippen molar-refractivity contribution in [2.75, 3.05) is 9.80 Å². The second-order valence-corrected chi connectivity index (χ2v) is 17.2. The zero-order chi connectivity index (χ0) is 50.1. The van der Waals surface area contributed by atoms with Crippen LogP contribution in [0.3, 0.4) is 0 Å². The highest BCUT2D eigenvalue weighted by atomic mass is 19.4. The molecule has 0 amide bonds. The normalized spacial score (nSPS) is 11.6. The van der Waals surface area contributed by atoms with E-state index in [1.165, 1.54) is 32.0 Å². The molecule has 8 rings (SSSR count). The fourth-order valence-electron chi connectivity index (χ4n) is 8.36. The van der Waals surface area contributed by atoms with Crippen molar-refractivity contribution in [3.63, 3.8) is 0 Å². The summed E-state index contributed by atoms with van der Waals surface area (Å²) < 4.78 is 100. The van der Waals surface area contributed by atoms with Crippen LogP contribution in [-0.2, 0) is 22.4 Å². The lowest BCUT2D eigenvalue weighted by Gasteiger charge is -2.31. The van der Waals surface area contributed by atoms with E-state index in [0.717, 1.165) is 11.1 Å². The molecule has 0 saturated heterocycles. The molecule has 0 bridgehead atoms. The molecule has 12 heteroatoms. The quantitative estimate of drug-likeness (QED) is 0.0497. The number of carbonyl (C=O) groups is 2. The molecule has 0 spiro atoms. The maximum atomic E-state index is 15.0. The number of aryl methyl sites for hydroxylation is 2. The summed E-state index contributed by atoms with van der Waals surface area (Å²) in [6, 6.07) is 44.1. The average Bonchev–Trinajstić information content (AvgIpc) is 3.30. The van der Waals surface area contributed by atoms with E-state index in [1.807, 2.05) is 62.4 Å². The Morgan fingerprint density at radius 2 is 0.814 bits per heavy atom. The molecular weight excluding hydrogens is 903 g/mol. The Labute approximate surface area is 401 Å². The predicted octanol–water partition coefficient (Wildman–Crippen LogP) is 16.4. The van der Waals surface area contributed by atoms with Crippen LogP contribution < -0.4 is 19.3 Å². The van der Waals surface area contributed by atoms with Crippen molar-refractivity contribution in [1.82, 2.24) is 0 Å². The number of esters is 2. The largest absolute Gasteiger partial charge is 0.423 e. The summed E-state index contributed by atoms with van der Waals surface area (Å²) >= 11 is 0. The van der Waals surface area contributed by atoms with Crippen molar-refractivity contribution in [2.45, 2.75) is 52.9 Å². The maximum absolute atomic E-state index is 15.0. The molecular formula is C58H46F6N2O4. The van der Waals surface area contributed by atoms with Gasteiger partial charge in [-0.3, -0.25) is 0 Å². The molecule has 70 heavy (non-hydrogen) atoms. The number of fused-ring (bicyclic) bond motifs is 2. The van der Waals surface area contributed by atoms with Gasteiger partial charge in [0, 0.05) is 55.4 Å². The Balaban J connectivity index is 1.36. The van der Waals surface area contributed by atoms with Crippen molar-refractivity contribution >= 4 is 67.6 Å². The van der Waals surface area contributed by atoms with Gasteiger partial charge in [0.05, 0.1) is 24.2 Å². The number of benzene rings is 8. The van der Waals surface area contributed by atoms with Gasteiger partial charge in [-0.15, -0.1) is 0 Å². The second-order valence-electron chi connectivity index (χ2n) is 17.2. The van der Waals surface area contributed by atoms with Gasteiger partial charge < -0.3 is 19.3 Å². The van der Waals surface area contributed by atoms with Crippen LogP contribution in [0, 0.1) is 13.8 Å². The van der Waals surface area contributed by atoms with Crippen molar-refractivity contribution in [2.24, 2.45) is 0 Å². The molecule has 0 radical (unpaired) electrons. The van der Waals surface area contributed by atoms with E-state index in [0.29, 0.717) is 44.3 Å². The Kier molecular flexibility index (Phi) is 13.4. The third-order valence-electron chi connectivity index (χ3n) is 11.6. The number of carbonyl (C=O) groups excluding carboxylic acids is 2. The number of nitrogens with zero attached hydrogens (tertiary/aromatic N) is 2. The minimum absolute atomic E-state index is 0.0896. The fourth-order valence-corrected chi connectivity index (χ4v) is 8.36. The molecule has 0 aliphatic carbocycles. The van der Waals surface area contributed by atoms with E-state index in [-0.39, 0.29) is 56.3 Å². The molecule has 8 aromatic carbocycles. The van der Waals surface area contributed by atoms with Gasteiger partial charge in [-0.2, -0.15) is 26.3 Å². The van der Waals surface area contributed by atoms with Gasteiger partial charge in [0.1, 0.15) is 11.5 Å². The zero-order valence-corrected chi connectivity index (χ0v) is 38.6. The number of halogens is 6. The second kappa shape index (κ2) is 19.5. The monoisotopic (exact) mass is 948 g/mol. The summed E-state index contributed by atoms with van der Waals surface area (Å²) in [6.45, 7) is 14.2. The molecule has 6 nitrogen and oxygen atoms in total. The molecule has 0 atom stereocenters. The average molecular weight is 949 g/mol. The van der Waals surface area contributed by atoms with Crippen molar-refractivity contribution in [3.05, 3.63) is 204 Å². The number of ether oxygens (including phenoxy) is 2. The highest BCUT2D eigenvalue weighted by Crippen LogP contribution is 2.48. The number of anilines is 6. The van der Waals surface area contributed by atoms with E-state index < -0.39 is 37.1 Å². The molecule has 354 valence electrons. The summed E-state index contributed by atoms with van der Waals surface area (Å²) in [7, 11) is 0. The van der Waals surface area contributed by atoms with Crippen LogP contribution >= 0.6 is 0 Å². The lowest BCUT2D eigenvalue weighted by Crippen LogP contribution is -2.18. The van der Waals surface area contributed by atoms with Gasteiger partial charge in [-0.1, -0.05) is 109 Å². The third kappa shape index (κ3) is 10.6. The van der Waals surface area contributed by atoms with E-state index in [1.54, 1.807) is 101 Å². The summed E-state index contributed by atoms with van der Waals surface area (Å²) in [5.74, 6) is -0.973. The van der Waals surface area contributed by atoms with Gasteiger partial charge in [-0.05, 0) is 123 Å². The first-order chi connectivity index (χ1) is 33.2. The SMILES string of the molecule is C=C(C)C(=O)Oc1cccc2c(N(c3ccc(-c4ccc(N(c5ccc(C)cc5)c5ccc(C)cc5)c(CC(F)(F)F)c4)cc3CC(F)(F)F)c3cccc4c(OC(=O)C(=C)C)cccc34)cccc12. The predicted molar refractivity (Wildman–Crippen MR) is 266 cm³/mol. The first kappa shape index (κ1) is 48.3. The molecule has 0 fully saturated rings. The number of alkyl halides is 6. The lowest BCUT2D eigenvalue weighted by molar-refractivity contribution is -0.130.